The van der Waals surface area contributed by atoms with E-state index in [0.29, 0.717) is 22.0 Å². The minimum Gasteiger partial charge on any atom is -0.495 e. The van der Waals surface area contributed by atoms with E-state index in [-0.39, 0.29) is 22.8 Å². The molecule has 140 valence electrons. The average molecular weight is 408 g/mol. The standard InChI is InChI=1S/C18H15ClFN3O3S/c1-10-6-14(15(25-2)8-13(10)19)21-16(24)9-27-18-23-22-17(26-18)11-4-3-5-12(20)7-11/h3-8H,9H2,1-2H3,(H,21,24). The van der Waals surface area contributed by atoms with Gasteiger partial charge in [-0.3, -0.25) is 4.79 Å². The normalized spacial score (nSPS) is 10.7. The van der Waals surface area contributed by atoms with E-state index in [9.17, 15) is 9.18 Å². The van der Waals surface area contributed by atoms with Crippen molar-refractivity contribution < 1.29 is 18.3 Å². The molecule has 6 nitrogen and oxygen atoms in total. The van der Waals surface area contributed by atoms with Crippen LogP contribution in [0.1, 0.15) is 5.56 Å². The predicted octanol–water partition coefficient (Wildman–Crippen LogP) is 4.58. The van der Waals surface area contributed by atoms with Gasteiger partial charge in [-0.1, -0.05) is 29.4 Å². The van der Waals surface area contributed by atoms with E-state index in [1.807, 2.05) is 6.92 Å². The van der Waals surface area contributed by atoms with Crippen molar-refractivity contribution in [2.75, 3.05) is 18.2 Å². The van der Waals surface area contributed by atoms with E-state index >= 15 is 0 Å². The van der Waals surface area contributed by atoms with Gasteiger partial charge in [0, 0.05) is 16.7 Å². The Kier molecular flexibility index (Phi) is 5.98. The van der Waals surface area contributed by atoms with Gasteiger partial charge in [-0.15, -0.1) is 10.2 Å². The van der Waals surface area contributed by atoms with E-state index < -0.39 is 5.82 Å². The SMILES string of the molecule is COc1cc(Cl)c(C)cc1NC(=O)CSc1nnc(-c2cccc(F)c2)o1. The molecule has 0 saturated carbocycles. The number of benzene rings is 2. The number of carbonyl (C=O) groups excluding carboxylic acids is 1. The van der Waals surface area contributed by atoms with Gasteiger partial charge in [-0.05, 0) is 36.8 Å². The van der Waals surface area contributed by atoms with Gasteiger partial charge in [-0.25, -0.2) is 4.39 Å². The van der Waals surface area contributed by atoms with Crippen molar-refractivity contribution in [3.8, 4) is 17.2 Å². The van der Waals surface area contributed by atoms with Gasteiger partial charge in [0.05, 0.1) is 18.6 Å². The van der Waals surface area contributed by atoms with Crippen LogP contribution in [0.3, 0.4) is 0 Å². The highest BCUT2D eigenvalue weighted by Crippen LogP contribution is 2.31. The number of aromatic nitrogens is 2. The number of amides is 1. The Balaban J connectivity index is 1.63. The number of nitrogens with one attached hydrogen (secondary N) is 1. The molecule has 0 unspecified atom stereocenters. The molecule has 1 heterocycles. The summed E-state index contributed by atoms with van der Waals surface area (Å²) < 4.78 is 24.0. The Morgan fingerprint density at radius 1 is 1.33 bits per heavy atom. The molecule has 0 spiro atoms. The predicted molar refractivity (Wildman–Crippen MR) is 102 cm³/mol. The lowest BCUT2D eigenvalue weighted by atomic mass is 10.2. The van der Waals surface area contributed by atoms with Crippen LogP contribution in [0, 0.1) is 12.7 Å². The largest absolute Gasteiger partial charge is 0.495 e. The van der Waals surface area contributed by atoms with Crippen molar-refractivity contribution in [3.63, 3.8) is 0 Å². The average Bonchev–Trinajstić information content (AvgIpc) is 3.12. The highest BCUT2D eigenvalue weighted by molar-refractivity contribution is 7.99. The summed E-state index contributed by atoms with van der Waals surface area (Å²) in [6.07, 6.45) is 0. The second kappa shape index (κ2) is 8.41. The summed E-state index contributed by atoms with van der Waals surface area (Å²) in [6.45, 7) is 1.83. The summed E-state index contributed by atoms with van der Waals surface area (Å²) in [5, 5.41) is 11.3. The van der Waals surface area contributed by atoms with E-state index in [4.69, 9.17) is 20.8 Å². The number of aryl methyl sites for hydroxylation is 1. The number of ether oxygens (including phenoxy) is 1. The third-order valence-electron chi connectivity index (χ3n) is 3.56. The monoisotopic (exact) mass is 407 g/mol. The number of rotatable bonds is 6. The molecule has 0 bridgehead atoms. The maximum atomic E-state index is 13.3. The summed E-state index contributed by atoms with van der Waals surface area (Å²) in [5.74, 6) is 0.0369. The molecule has 1 N–H and O–H groups in total. The van der Waals surface area contributed by atoms with Gasteiger partial charge in [0.1, 0.15) is 11.6 Å². The Hall–Kier alpha value is -2.58. The first-order chi connectivity index (χ1) is 13.0. The van der Waals surface area contributed by atoms with E-state index in [1.165, 1.54) is 19.2 Å². The van der Waals surface area contributed by atoms with Crippen molar-refractivity contribution >= 4 is 35.0 Å². The first-order valence-corrected chi connectivity index (χ1v) is 9.19. The van der Waals surface area contributed by atoms with Gasteiger partial charge in [0.15, 0.2) is 0 Å². The van der Waals surface area contributed by atoms with Crippen LogP contribution in [0.25, 0.3) is 11.5 Å². The minimum absolute atomic E-state index is 0.0512. The molecule has 2 aromatic carbocycles. The third kappa shape index (κ3) is 4.78. The van der Waals surface area contributed by atoms with Gasteiger partial charge in [-0.2, -0.15) is 0 Å². The van der Waals surface area contributed by atoms with Crippen LogP contribution in [0.5, 0.6) is 5.75 Å². The van der Waals surface area contributed by atoms with E-state index in [2.05, 4.69) is 15.5 Å². The van der Waals surface area contributed by atoms with Crippen LogP contribution in [0.4, 0.5) is 10.1 Å². The summed E-state index contributed by atoms with van der Waals surface area (Å²) in [6, 6.07) is 9.21. The highest BCUT2D eigenvalue weighted by Gasteiger charge is 2.14. The molecule has 27 heavy (non-hydrogen) atoms. The molecular weight excluding hydrogens is 393 g/mol. The first kappa shape index (κ1) is 19.2. The first-order valence-electron chi connectivity index (χ1n) is 7.82. The quantitative estimate of drug-likeness (QED) is 0.603. The molecule has 0 aliphatic heterocycles. The number of thioether (sulfide) groups is 1. The lowest BCUT2D eigenvalue weighted by Crippen LogP contribution is -2.15. The Labute approximate surface area is 164 Å². The van der Waals surface area contributed by atoms with Crippen molar-refractivity contribution in [2.45, 2.75) is 12.1 Å². The molecule has 0 saturated heterocycles. The van der Waals surface area contributed by atoms with Gasteiger partial charge in [0.2, 0.25) is 11.8 Å². The molecule has 1 amide bonds. The molecule has 1 aromatic heterocycles. The summed E-state index contributed by atoms with van der Waals surface area (Å²) in [4.78, 5) is 12.2. The highest BCUT2D eigenvalue weighted by atomic mass is 35.5. The molecule has 3 rings (SSSR count). The number of anilines is 1. The Morgan fingerprint density at radius 2 is 2.15 bits per heavy atom. The number of methoxy groups -OCH3 is 1. The summed E-state index contributed by atoms with van der Waals surface area (Å²) in [5.41, 5.74) is 1.81. The van der Waals surface area contributed by atoms with Crippen LogP contribution in [0.2, 0.25) is 5.02 Å². The second-order valence-corrected chi connectivity index (χ2v) is 6.86. The molecule has 0 aliphatic rings. The summed E-state index contributed by atoms with van der Waals surface area (Å²) in [7, 11) is 1.50. The van der Waals surface area contributed by atoms with Gasteiger partial charge < -0.3 is 14.5 Å². The molecular formula is C18H15ClFN3O3S. The molecule has 0 radical (unpaired) electrons. The number of hydrogen-bond donors (Lipinski definition) is 1. The fourth-order valence-electron chi connectivity index (χ4n) is 2.25. The minimum atomic E-state index is -0.397. The Bertz CT molecular complexity index is 980. The van der Waals surface area contributed by atoms with E-state index in [1.54, 1.807) is 24.3 Å². The lowest BCUT2D eigenvalue weighted by molar-refractivity contribution is -0.113. The Morgan fingerprint density at radius 3 is 2.89 bits per heavy atom. The van der Waals surface area contributed by atoms with Crippen molar-refractivity contribution in [3.05, 3.63) is 52.8 Å². The zero-order valence-electron chi connectivity index (χ0n) is 14.5. The fourth-order valence-corrected chi connectivity index (χ4v) is 2.97. The molecule has 9 heteroatoms. The topological polar surface area (TPSA) is 77.2 Å². The summed E-state index contributed by atoms with van der Waals surface area (Å²) >= 11 is 7.13. The smallest absolute Gasteiger partial charge is 0.277 e. The van der Waals surface area contributed by atoms with Crippen LogP contribution in [0.15, 0.2) is 46.0 Å². The van der Waals surface area contributed by atoms with E-state index in [0.717, 1.165) is 17.3 Å². The molecule has 0 atom stereocenters. The molecule has 0 aliphatic carbocycles. The van der Waals surface area contributed by atoms with Crippen LogP contribution in [-0.2, 0) is 4.79 Å². The molecule has 3 aromatic rings. The second-order valence-electron chi connectivity index (χ2n) is 5.52. The van der Waals surface area contributed by atoms with Crippen LogP contribution >= 0.6 is 23.4 Å². The number of halogens is 2. The van der Waals surface area contributed by atoms with Crippen molar-refractivity contribution in [1.29, 1.82) is 0 Å². The van der Waals surface area contributed by atoms with Gasteiger partial charge >= 0.3 is 0 Å². The van der Waals surface area contributed by atoms with Crippen molar-refractivity contribution in [2.24, 2.45) is 0 Å². The fraction of sp³-hybridized carbons (Fsp3) is 0.167. The zero-order chi connectivity index (χ0) is 19.4. The number of carbonyl (C=O) groups is 1. The number of nitrogens with zero attached hydrogens (tertiary/aromatic N) is 2. The number of hydrogen-bond acceptors (Lipinski definition) is 6. The molecule has 0 fully saturated rings. The van der Waals surface area contributed by atoms with Gasteiger partial charge in [0.25, 0.3) is 5.22 Å². The maximum Gasteiger partial charge on any atom is 0.277 e. The lowest BCUT2D eigenvalue weighted by Gasteiger charge is -2.11. The maximum absolute atomic E-state index is 13.3. The van der Waals surface area contributed by atoms with Crippen LogP contribution in [-0.4, -0.2) is 29.0 Å². The van der Waals surface area contributed by atoms with Crippen LogP contribution < -0.4 is 10.1 Å². The zero-order valence-corrected chi connectivity index (χ0v) is 16.0. The third-order valence-corrected chi connectivity index (χ3v) is 4.79. The van der Waals surface area contributed by atoms with Crippen molar-refractivity contribution in [1.82, 2.24) is 10.2 Å².